The van der Waals surface area contributed by atoms with Crippen molar-refractivity contribution < 1.29 is 13.2 Å². The van der Waals surface area contributed by atoms with E-state index in [0.717, 1.165) is 35.9 Å². The second kappa shape index (κ2) is 5.70. The number of fused-ring (bicyclic) bond motifs is 1. The maximum absolute atomic E-state index is 12.2. The molecule has 0 aliphatic heterocycles. The number of hydrazine groups is 1. The first-order valence-corrected chi connectivity index (χ1v) is 9.07. The van der Waals surface area contributed by atoms with Gasteiger partial charge in [0.2, 0.25) is 5.91 Å². The minimum absolute atomic E-state index is 0.0418. The molecule has 1 saturated carbocycles. The number of rotatable bonds is 4. The zero-order valence-corrected chi connectivity index (χ0v) is 12.8. The first kappa shape index (κ1) is 14.4. The van der Waals surface area contributed by atoms with Crippen molar-refractivity contribution in [1.29, 1.82) is 0 Å². The number of aromatic nitrogens is 1. The van der Waals surface area contributed by atoms with Gasteiger partial charge in [0.1, 0.15) is 9.73 Å². The second-order valence-corrected chi connectivity index (χ2v) is 7.64. The molecule has 0 bridgehead atoms. The highest BCUT2D eigenvalue weighted by atomic mass is 32.2. The second-order valence-electron chi connectivity index (χ2n) is 5.06. The van der Waals surface area contributed by atoms with Crippen LogP contribution >= 0.6 is 11.3 Å². The summed E-state index contributed by atoms with van der Waals surface area (Å²) in [6.07, 6.45) is 4.96. The Bertz CT molecular complexity index is 764. The van der Waals surface area contributed by atoms with Gasteiger partial charge < -0.3 is 0 Å². The molecule has 1 aliphatic rings. The van der Waals surface area contributed by atoms with Crippen LogP contribution in [0.3, 0.4) is 0 Å². The molecule has 3 rings (SSSR count). The molecule has 0 aromatic carbocycles. The van der Waals surface area contributed by atoms with Crippen LogP contribution in [0.4, 0.5) is 0 Å². The third kappa shape index (κ3) is 3.07. The van der Waals surface area contributed by atoms with Crippen LogP contribution < -0.4 is 10.3 Å². The average Bonchev–Trinajstić information content (AvgIpc) is 3.14. The summed E-state index contributed by atoms with van der Waals surface area (Å²) in [6.45, 7) is 0. The van der Waals surface area contributed by atoms with Crippen molar-refractivity contribution in [3.8, 4) is 0 Å². The summed E-state index contributed by atoms with van der Waals surface area (Å²) in [5.74, 6) is -0.356. The van der Waals surface area contributed by atoms with Gasteiger partial charge in [0, 0.05) is 17.5 Å². The SMILES string of the molecule is O=C(NNS(=O)(=O)c1cnc2sccc2c1)C1CCCC1. The maximum atomic E-state index is 12.2. The quantitative estimate of drug-likeness (QED) is 0.839. The molecule has 2 N–H and O–H groups in total. The highest BCUT2D eigenvalue weighted by Gasteiger charge is 2.24. The highest BCUT2D eigenvalue weighted by molar-refractivity contribution is 7.89. The first-order valence-electron chi connectivity index (χ1n) is 6.71. The van der Waals surface area contributed by atoms with Crippen molar-refractivity contribution in [3.05, 3.63) is 23.7 Å². The molecule has 2 heterocycles. The van der Waals surface area contributed by atoms with Gasteiger partial charge in [0.25, 0.3) is 10.0 Å². The molecule has 0 atom stereocenters. The van der Waals surface area contributed by atoms with Crippen LogP contribution in [0.25, 0.3) is 10.2 Å². The van der Waals surface area contributed by atoms with E-state index >= 15 is 0 Å². The molecule has 112 valence electrons. The third-order valence-corrected chi connectivity index (χ3v) is 5.68. The molecular formula is C13H15N3O3S2. The largest absolute Gasteiger partial charge is 0.277 e. The average molecular weight is 325 g/mol. The van der Waals surface area contributed by atoms with Gasteiger partial charge in [-0.15, -0.1) is 16.2 Å². The molecule has 1 amide bonds. The smallest absolute Gasteiger partial charge is 0.258 e. The van der Waals surface area contributed by atoms with Crippen molar-refractivity contribution in [3.63, 3.8) is 0 Å². The van der Waals surface area contributed by atoms with Crippen molar-refractivity contribution in [2.24, 2.45) is 5.92 Å². The summed E-state index contributed by atoms with van der Waals surface area (Å²) in [6, 6.07) is 3.35. The fourth-order valence-electron chi connectivity index (χ4n) is 2.45. The Hall–Kier alpha value is -1.51. The van der Waals surface area contributed by atoms with E-state index in [9.17, 15) is 13.2 Å². The summed E-state index contributed by atoms with van der Waals surface area (Å²) in [7, 11) is -3.79. The van der Waals surface area contributed by atoms with Crippen LogP contribution in [0.2, 0.25) is 0 Å². The van der Waals surface area contributed by atoms with Crippen LogP contribution in [0.1, 0.15) is 25.7 Å². The van der Waals surface area contributed by atoms with Crippen LogP contribution in [0.5, 0.6) is 0 Å². The minimum Gasteiger partial charge on any atom is -0.277 e. The number of sulfonamides is 1. The Labute approximate surface area is 126 Å². The Morgan fingerprint density at radius 2 is 2.10 bits per heavy atom. The molecule has 2 aromatic rings. The predicted octanol–water partition coefficient (Wildman–Crippen LogP) is 1.80. The molecule has 6 nitrogen and oxygen atoms in total. The van der Waals surface area contributed by atoms with E-state index in [2.05, 4.69) is 15.2 Å². The number of carbonyl (C=O) groups is 1. The van der Waals surface area contributed by atoms with Crippen molar-refractivity contribution in [1.82, 2.24) is 15.2 Å². The Balaban J connectivity index is 1.72. The molecule has 21 heavy (non-hydrogen) atoms. The molecule has 2 aromatic heterocycles. The van der Waals surface area contributed by atoms with Gasteiger partial charge in [0.15, 0.2) is 0 Å². The highest BCUT2D eigenvalue weighted by Crippen LogP contribution is 2.24. The number of pyridine rings is 1. The Kier molecular flexibility index (Phi) is 3.92. The van der Waals surface area contributed by atoms with Crippen molar-refractivity contribution in [2.75, 3.05) is 0 Å². The van der Waals surface area contributed by atoms with Crippen molar-refractivity contribution in [2.45, 2.75) is 30.6 Å². The number of hydrogen-bond acceptors (Lipinski definition) is 5. The third-order valence-electron chi connectivity index (χ3n) is 3.63. The van der Waals surface area contributed by atoms with Crippen LogP contribution in [0, 0.1) is 5.92 Å². The van der Waals surface area contributed by atoms with Gasteiger partial charge >= 0.3 is 0 Å². The molecule has 0 spiro atoms. The standard InChI is InChI=1S/C13H15N3O3S2/c17-12(9-3-1-2-4-9)15-16-21(18,19)11-7-10-5-6-20-13(10)14-8-11/h5-9,16H,1-4H2,(H,15,17). The van der Waals surface area contributed by atoms with Crippen molar-refractivity contribution >= 4 is 37.5 Å². The van der Waals surface area contributed by atoms with Gasteiger partial charge in [0.05, 0.1) is 0 Å². The zero-order chi connectivity index (χ0) is 14.9. The van der Waals surface area contributed by atoms with Gasteiger partial charge in [-0.3, -0.25) is 10.2 Å². The van der Waals surface area contributed by atoms with Crippen LogP contribution in [-0.2, 0) is 14.8 Å². The van der Waals surface area contributed by atoms with E-state index in [1.54, 1.807) is 6.07 Å². The van der Waals surface area contributed by atoms with Gasteiger partial charge in [-0.25, -0.2) is 13.4 Å². The molecule has 0 saturated heterocycles. The molecular weight excluding hydrogens is 310 g/mol. The summed E-state index contributed by atoms with van der Waals surface area (Å²) in [5.41, 5.74) is 2.30. The predicted molar refractivity (Wildman–Crippen MR) is 80.0 cm³/mol. The molecule has 1 aliphatic carbocycles. The van der Waals surface area contributed by atoms with Crippen LogP contribution in [-0.4, -0.2) is 19.3 Å². The number of thiophene rings is 1. The van der Waals surface area contributed by atoms with Gasteiger partial charge in [-0.05, 0) is 30.4 Å². The minimum atomic E-state index is -3.79. The number of hydrogen-bond donors (Lipinski definition) is 2. The van der Waals surface area contributed by atoms with E-state index < -0.39 is 10.0 Å². The Morgan fingerprint density at radius 1 is 1.33 bits per heavy atom. The van der Waals surface area contributed by atoms with E-state index in [1.165, 1.54) is 17.5 Å². The molecule has 1 fully saturated rings. The number of amides is 1. The lowest BCUT2D eigenvalue weighted by atomic mass is 10.1. The summed E-state index contributed by atoms with van der Waals surface area (Å²) in [5, 5.41) is 2.62. The summed E-state index contributed by atoms with van der Waals surface area (Å²) in [4.78, 5) is 18.9. The molecule has 8 heteroatoms. The van der Waals surface area contributed by atoms with Crippen LogP contribution in [0.15, 0.2) is 28.6 Å². The van der Waals surface area contributed by atoms with E-state index in [0.29, 0.717) is 0 Å². The topological polar surface area (TPSA) is 88.2 Å². The number of nitrogens with zero attached hydrogens (tertiary/aromatic N) is 1. The fraction of sp³-hybridized carbons (Fsp3) is 0.385. The monoisotopic (exact) mass is 325 g/mol. The Morgan fingerprint density at radius 3 is 2.86 bits per heavy atom. The van der Waals surface area contributed by atoms with Gasteiger partial charge in [-0.2, -0.15) is 0 Å². The lowest BCUT2D eigenvalue weighted by Crippen LogP contribution is -2.44. The normalized spacial score (nSPS) is 16.4. The van der Waals surface area contributed by atoms with E-state index in [-0.39, 0.29) is 16.7 Å². The fourth-order valence-corrected chi connectivity index (χ4v) is 4.00. The molecule has 0 unspecified atom stereocenters. The zero-order valence-electron chi connectivity index (χ0n) is 11.2. The van der Waals surface area contributed by atoms with Gasteiger partial charge in [-0.1, -0.05) is 12.8 Å². The summed E-state index contributed by atoms with van der Waals surface area (Å²) < 4.78 is 24.3. The maximum Gasteiger partial charge on any atom is 0.258 e. The number of carbonyl (C=O) groups excluding carboxylic acids is 1. The molecule has 0 radical (unpaired) electrons. The van der Waals surface area contributed by atoms with E-state index in [1.807, 2.05) is 11.4 Å². The first-order chi connectivity index (χ1) is 10.1. The van der Waals surface area contributed by atoms with E-state index in [4.69, 9.17) is 0 Å². The summed E-state index contributed by atoms with van der Waals surface area (Å²) >= 11 is 1.45. The lowest BCUT2D eigenvalue weighted by Gasteiger charge is -2.11. The lowest BCUT2D eigenvalue weighted by molar-refractivity contribution is -0.125. The number of nitrogens with one attached hydrogen (secondary N) is 2.